The number of benzene rings is 2. The number of methoxy groups -OCH3 is 2. The molecule has 2 aromatic carbocycles. The van der Waals surface area contributed by atoms with Crippen LogP contribution in [0.1, 0.15) is 18.1 Å². The molecule has 176 valence electrons. The highest BCUT2D eigenvalue weighted by molar-refractivity contribution is 7.88. The Bertz CT molecular complexity index is 1220. The van der Waals surface area contributed by atoms with Crippen LogP contribution in [-0.2, 0) is 21.2 Å². The molecule has 0 fully saturated rings. The zero-order valence-electron chi connectivity index (χ0n) is 17.8. The lowest BCUT2D eigenvalue weighted by molar-refractivity contribution is -0.138. The van der Waals surface area contributed by atoms with Crippen molar-refractivity contribution < 1.29 is 35.9 Å². The normalized spacial score (nSPS) is 15.4. The van der Waals surface area contributed by atoms with Gasteiger partial charge in [0, 0.05) is 17.8 Å². The molecular formula is C21H20F3N3O5S. The van der Waals surface area contributed by atoms with E-state index in [9.17, 15) is 26.4 Å². The van der Waals surface area contributed by atoms with E-state index < -0.39 is 33.6 Å². The SMILES string of the molecule is CCN1C(C(=O)Nc2ccc(OC)cc2)=CC(c2ccc(OC)c(C(F)(F)F)c2)=NS1(=O)=O. The van der Waals surface area contributed by atoms with Crippen LogP contribution in [0.2, 0.25) is 0 Å². The van der Waals surface area contributed by atoms with Gasteiger partial charge in [0.05, 0.1) is 25.5 Å². The highest BCUT2D eigenvalue weighted by atomic mass is 32.2. The smallest absolute Gasteiger partial charge is 0.419 e. The maximum Gasteiger partial charge on any atom is 0.419 e. The molecule has 0 saturated heterocycles. The van der Waals surface area contributed by atoms with E-state index in [1.165, 1.54) is 20.1 Å². The molecular weight excluding hydrogens is 463 g/mol. The molecule has 0 aliphatic carbocycles. The van der Waals surface area contributed by atoms with Gasteiger partial charge in [0.1, 0.15) is 17.2 Å². The maximum atomic E-state index is 13.4. The number of alkyl halides is 3. The van der Waals surface area contributed by atoms with E-state index in [-0.39, 0.29) is 23.5 Å². The van der Waals surface area contributed by atoms with Gasteiger partial charge in [-0.25, -0.2) is 4.31 Å². The Morgan fingerprint density at radius 3 is 2.30 bits per heavy atom. The van der Waals surface area contributed by atoms with E-state index in [1.807, 2.05) is 0 Å². The fraction of sp³-hybridized carbons (Fsp3) is 0.238. The largest absolute Gasteiger partial charge is 0.497 e. The van der Waals surface area contributed by atoms with Gasteiger partial charge in [-0.05, 0) is 55.5 Å². The summed E-state index contributed by atoms with van der Waals surface area (Å²) in [6.45, 7) is 1.39. The molecule has 0 spiro atoms. The Hall–Kier alpha value is -3.54. The van der Waals surface area contributed by atoms with Crippen LogP contribution in [0, 0.1) is 0 Å². The number of carbonyl (C=O) groups is 1. The van der Waals surface area contributed by atoms with E-state index in [2.05, 4.69) is 9.71 Å². The van der Waals surface area contributed by atoms with Gasteiger partial charge in [0.25, 0.3) is 5.91 Å². The van der Waals surface area contributed by atoms with Crippen LogP contribution in [0.3, 0.4) is 0 Å². The number of anilines is 1. The minimum atomic E-state index is -4.75. The lowest BCUT2D eigenvalue weighted by Gasteiger charge is -2.26. The molecule has 1 N–H and O–H groups in total. The zero-order chi connectivity index (χ0) is 24.4. The summed E-state index contributed by atoms with van der Waals surface area (Å²) >= 11 is 0. The molecule has 8 nitrogen and oxygen atoms in total. The molecule has 0 saturated carbocycles. The molecule has 0 radical (unpaired) electrons. The first kappa shape index (κ1) is 24.1. The number of halogens is 3. The molecule has 1 aliphatic heterocycles. The Morgan fingerprint density at radius 1 is 1.09 bits per heavy atom. The van der Waals surface area contributed by atoms with Crippen molar-refractivity contribution in [3.63, 3.8) is 0 Å². The van der Waals surface area contributed by atoms with Gasteiger partial charge in [0.2, 0.25) is 0 Å². The second-order valence-corrected chi connectivity index (χ2v) is 8.26. The van der Waals surface area contributed by atoms with Gasteiger partial charge < -0.3 is 14.8 Å². The first-order valence-electron chi connectivity index (χ1n) is 9.55. The fourth-order valence-electron chi connectivity index (χ4n) is 3.13. The molecule has 1 amide bonds. The Balaban J connectivity index is 2.04. The van der Waals surface area contributed by atoms with Gasteiger partial charge in [-0.1, -0.05) is 0 Å². The predicted octanol–water partition coefficient (Wildman–Crippen LogP) is 3.61. The molecule has 0 bridgehead atoms. The molecule has 33 heavy (non-hydrogen) atoms. The summed E-state index contributed by atoms with van der Waals surface area (Å²) in [6.07, 6.45) is -3.62. The molecule has 0 atom stereocenters. The number of ether oxygens (including phenoxy) is 2. The average Bonchev–Trinajstić information content (AvgIpc) is 2.77. The Kier molecular flexibility index (Phi) is 6.68. The van der Waals surface area contributed by atoms with Crippen molar-refractivity contribution in [2.75, 3.05) is 26.1 Å². The van der Waals surface area contributed by atoms with E-state index in [4.69, 9.17) is 9.47 Å². The van der Waals surface area contributed by atoms with Crippen molar-refractivity contribution in [3.05, 3.63) is 65.4 Å². The summed E-state index contributed by atoms with van der Waals surface area (Å²) in [5.74, 6) is -0.651. The number of hydrogen-bond donors (Lipinski definition) is 1. The first-order valence-corrected chi connectivity index (χ1v) is 10.9. The fourth-order valence-corrected chi connectivity index (χ4v) is 4.35. The van der Waals surface area contributed by atoms with Crippen LogP contribution >= 0.6 is 0 Å². The lowest BCUT2D eigenvalue weighted by Crippen LogP contribution is -2.38. The average molecular weight is 483 g/mol. The monoisotopic (exact) mass is 483 g/mol. The molecule has 2 aromatic rings. The quantitative estimate of drug-likeness (QED) is 0.677. The Labute approximate surface area is 188 Å². The maximum absolute atomic E-state index is 13.4. The van der Waals surface area contributed by atoms with Gasteiger partial charge in [-0.15, -0.1) is 4.40 Å². The van der Waals surface area contributed by atoms with E-state index in [0.29, 0.717) is 11.4 Å². The van der Waals surface area contributed by atoms with E-state index >= 15 is 0 Å². The van der Waals surface area contributed by atoms with Crippen molar-refractivity contribution >= 4 is 27.5 Å². The van der Waals surface area contributed by atoms with Crippen LogP contribution in [0.4, 0.5) is 18.9 Å². The van der Waals surface area contributed by atoms with Gasteiger partial charge in [0.15, 0.2) is 0 Å². The highest BCUT2D eigenvalue weighted by Crippen LogP contribution is 2.37. The van der Waals surface area contributed by atoms with Crippen molar-refractivity contribution in [1.82, 2.24) is 4.31 Å². The second kappa shape index (κ2) is 9.14. The number of nitrogens with one attached hydrogen (secondary N) is 1. The van der Waals surface area contributed by atoms with Gasteiger partial charge in [-0.2, -0.15) is 21.6 Å². The highest BCUT2D eigenvalue weighted by Gasteiger charge is 2.36. The molecule has 0 unspecified atom stereocenters. The minimum Gasteiger partial charge on any atom is -0.497 e. The lowest BCUT2D eigenvalue weighted by atomic mass is 10.0. The van der Waals surface area contributed by atoms with Crippen molar-refractivity contribution in [2.24, 2.45) is 4.40 Å². The van der Waals surface area contributed by atoms with E-state index in [0.717, 1.165) is 29.6 Å². The third-order valence-corrected chi connectivity index (χ3v) is 6.14. The standard InChI is InChI=1S/C21H20F3N3O5S/c1-4-27-18(20(28)25-14-6-8-15(31-2)9-7-14)12-17(26-33(27,29)30)13-5-10-19(32-3)16(11-13)21(22,23)24/h5-12H,4H2,1-3H3,(H,25,28). The van der Waals surface area contributed by atoms with E-state index in [1.54, 1.807) is 24.3 Å². The van der Waals surface area contributed by atoms with Crippen molar-refractivity contribution in [1.29, 1.82) is 0 Å². The molecule has 1 aliphatic rings. The number of rotatable bonds is 6. The van der Waals surface area contributed by atoms with Crippen molar-refractivity contribution in [3.8, 4) is 11.5 Å². The van der Waals surface area contributed by atoms with Gasteiger partial charge in [-0.3, -0.25) is 4.79 Å². The van der Waals surface area contributed by atoms with Crippen molar-refractivity contribution in [2.45, 2.75) is 13.1 Å². The summed E-state index contributed by atoms with van der Waals surface area (Å²) in [4.78, 5) is 12.9. The number of hydrogen-bond acceptors (Lipinski definition) is 5. The van der Waals surface area contributed by atoms with Gasteiger partial charge >= 0.3 is 16.4 Å². The van der Waals surface area contributed by atoms with Crippen LogP contribution < -0.4 is 14.8 Å². The molecule has 0 aromatic heterocycles. The van der Waals surface area contributed by atoms with Crippen LogP contribution in [0.5, 0.6) is 11.5 Å². The number of allylic oxidation sites excluding steroid dienone is 1. The summed E-state index contributed by atoms with van der Waals surface area (Å²) in [7, 11) is -1.80. The number of nitrogens with zero attached hydrogens (tertiary/aromatic N) is 2. The summed E-state index contributed by atoms with van der Waals surface area (Å²) in [5.41, 5.74) is -1.48. The van der Waals surface area contributed by atoms with Crippen LogP contribution in [0.15, 0.2) is 58.6 Å². The Morgan fingerprint density at radius 2 is 1.76 bits per heavy atom. The first-order chi connectivity index (χ1) is 15.5. The zero-order valence-corrected chi connectivity index (χ0v) is 18.6. The third kappa shape index (κ3) is 5.11. The summed E-state index contributed by atoms with van der Waals surface area (Å²) in [5, 5.41) is 2.57. The molecule has 12 heteroatoms. The number of carbonyl (C=O) groups excluding carboxylic acids is 1. The summed E-state index contributed by atoms with van der Waals surface area (Å²) < 4.78 is 79.9. The molecule has 1 heterocycles. The third-order valence-electron chi connectivity index (χ3n) is 4.70. The molecule has 3 rings (SSSR count). The summed E-state index contributed by atoms with van der Waals surface area (Å²) in [6, 6.07) is 9.33. The van der Waals surface area contributed by atoms with Crippen LogP contribution in [-0.4, -0.2) is 45.1 Å². The topological polar surface area (TPSA) is 97.3 Å². The second-order valence-electron chi connectivity index (χ2n) is 6.74. The minimum absolute atomic E-state index is 0.114. The number of amides is 1. The number of likely N-dealkylation sites (N-methyl/N-ethyl adjacent to an activating group) is 1. The van der Waals surface area contributed by atoms with Crippen LogP contribution in [0.25, 0.3) is 0 Å². The predicted molar refractivity (Wildman–Crippen MR) is 116 cm³/mol.